The second-order valence-electron chi connectivity index (χ2n) is 4.15. The van der Waals surface area contributed by atoms with Crippen molar-refractivity contribution >= 4 is 18.5 Å². The van der Waals surface area contributed by atoms with Gasteiger partial charge in [-0.05, 0) is 24.1 Å². The van der Waals surface area contributed by atoms with Crippen LogP contribution >= 0.6 is 12.6 Å². The molecule has 1 aliphatic heterocycles. The van der Waals surface area contributed by atoms with E-state index in [9.17, 15) is 4.79 Å². The number of carbonyl (C=O) groups excluding carboxylic acids is 1. The predicted octanol–water partition coefficient (Wildman–Crippen LogP) is 0.354. The summed E-state index contributed by atoms with van der Waals surface area (Å²) in [6.45, 7) is 3.32. The number of nitrogens with zero attached hydrogens (tertiary/aromatic N) is 2. The quantitative estimate of drug-likeness (QED) is 0.762. The van der Waals surface area contributed by atoms with Crippen LogP contribution < -0.4 is 5.32 Å². The van der Waals surface area contributed by atoms with Gasteiger partial charge in [-0.1, -0.05) is 0 Å². The third-order valence-corrected chi connectivity index (χ3v) is 3.30. The predicted molar refractivity (Wildman–Crippen MR) is 70.2 cm³/mol. The van der Waals surface area contributed by atoms with Crippen molar-refractivity contribution in [2.24, 2.45) is 0 Å². The van der Waals surface area contributed by atoms with Gasteiger partial charge in [0.15, 0.2) is 0 Å². The summed E-state index contributed by atoms with van der Waals surface area (Å²) in [4.78, 5) is 18.0. The van der Waals surface area contributed by atoms with Crippen LogP contribution in [0, 0.1) is 0 Å². The summed E-state index contributed by atoms with van der Waals surface area (Å²) in [5.74, 6) is 0.131. The monoisotopic (exact) mass is 251 g/mol. The van der Waals surface area contributed by atoms with Crippen LogP contribution in [-0.4, -0.2) is 47.2 Å². The maximum Gasteiger partial charge on any atom is 0.235 e. The molecule has 0 aromatic carbocycles. The van der Waals surface area contributed by atoms with Gasteiger partial charge in [0.05, 0.1) is 5.25 Å². The van der Waals surface area contributed by atoms with E-state index in [1.807, 2.05) is 17.0 Å². The van der Waals surface area contributed by atoms with Crippen molar-refractivity contribution in [3.05, 3.63) is 30.1 Å². The van der Waals surface area contributed by atoms with Crippen molar-refractivity contribution in [3.8, 4) is 0 Å². The minimum atomic E-state index is -0.254. The number of piperazine rings is 1. The molecular weight excluding hydrogens is 234 g/mol. The fourth-order valence-corrected chi connectivity index (χ4v) is 2.30. The van der Waals surface area contributed by atoms with E-state index in [0.29, 0.717) is 6.42 Å². The Morgan fingerprint density at radius 2 is 2.06 bits per heavy atom. The van der Waals surface area contributed by atoms with Crippen LogP contribution in [0.1, 0.15) is 5.56 Å². The molecule has 1 aliphatic rings. The van der Waals surface area contributed by atoms with Gasteiger partial charge in [0.25, 0.3) is 0 Å². The first-order chi connectivity index (χ1) is 8.27. The van der Waals surface area contributed by atoms with Gasteiger partial charge in [-0.3, -0.25) is 9.78 Å². The molecule has 1 amide bonds. The molecule has 1 saturated heterocycles. The molecule has 92 valence electrons. The second-order valence-corrected chi connectivity index (χ2v) is 4.77. The molecule has 4 nitrogen and oxygen atoms in total. The molecule has 1 atom stereocenters. The lowest BCUT2D eigenvalue weighted by atomic mass is 10.1. The minimum Gasteiger partial charge on any atom is -0.339 e. The summed E-state index contributed by atoms with van der Waals surface area (Å²) >= 11 is 4.41. The highest BCUT2D eigenvalue weighted by Crippen LogP contribution is 2.10. The zero-order valence-electron chi connectivity index (χ0n) is 9.67. The number of thiol groups is 1. The zero-order valence-corrected chi connectivity index (χ0v) is 10.6. The molecule has 1 aromatic rings. The number of nitrogens with one attached hydrogen (secondary N) is 1. The van der Waals surface area contributed by atoms with Crippen LogP contribution in [0.2, 0.25) is 0 Å². The first-order valence-corrected chi connectivity index (χ1v) is 6.35. The number of amides is 1. The van der Waals surface area contributed by atoms with Crippen molar-refractivity contribution in [1.82, 2.24) is 15.2 Å². The molecule has 2 rings (SSSR count). The number of hydrogen-bond acceptors (Lipinski definition) is 4. The fourth-order valence-electron chi connectivity index (χ4n) is 1.93. The molecule has 1 N–H and O–H groups in total. The number of aromatic nitrogens is 1. The Balaban J connectivity index is 1.90. The van der Waals surface area contributed by atoms with Gasteiger partial charge in [0, 0.05) is 38.6 Å². The molecule has 17 heavy (non-hydrogen) atoms. The molecular formula is C12H17N3OS. The van der Waals surface area contributed by atoms with Crippen molar-refractivity contribution in [2.75, 3.05) is 26.2 Å². The Bertz CT molecular complexity index is 365. The van der Waals surface area contributed by atoms with E-state index < -0.39 is 0 Å². The smallest absolute Gasteiger partial charge is 0.235 e. The number of pyridine rings is 1. The largest absolute Gasteiger partial charge is 0.339 e. The fraction of sp³-hybridized carbons (Fsp3) is 0.500. The van der Waals surface area contributed by atoms with Crippen LogP contribution in [-0.2, 0) is 11.2 Å². The van der Waals surface area contributed by atoms with E-state index in [1.165, 1.54) is 0 Å². The molecule has 0 saturated carbocycles. The zero-order chi connectivity index (χ0) is 12.1. The molecule has 5 heteroatoms. The molecule has 0 aliphatic carbocycles. The van der Waals surface area contributed by atoms with Crippen molar-refractivity contribution < 1.29 is 4.79 Å². The number of rotatable bonds is 3. The lowest BCUT2D eigenvalue weighted by Gasteiger charge is -2.29. The van der Waals surface area contributed by atoms with E-state index in [1.54, 1.807) is 12.4 Å². The molecule has 0 spiro atoms. The molecule has 0 bridgehead atoms. The van der Waals surface area contributed by atoms with E-state index in [2.05, 4.69) is 22.9 Å². The SMILES string of the molecule is O=C(C(S)Cc1ccncc1)N1CCNCC1. The summed E-state index contributed by atoms with van der Waals surface area (Å²) in [6.07, 6.45) is 4.14. The van der Waals surface area contributed by atoms with Gasteiger partial charge in [-0.2, -0.15) is 12.6 Å². The molecule has 1 unspecified atom stereocenters. The Morgan fingerprint density at radius 3 is 2.71 bits per heavy atom. The average Bonchev–Trinajstić information content (AvgIpc) is 2.40. The van der Waals surface area contributed by atoms with Crippen LogP contribution in [0.4, 0.5) is 0 Å². The number of carbonyl (C=O) groups is 1. The van der Waals surface area contributed by atoms with E-state index in [0.717, 1.165) is 31.7 Å². The first-order valence-electron chi connectivity index (χ1n) is 5.84. The van der Waals surface area contributed by atoms with Gasteiger partial charge in [-0.25, -0.2) is 0 Å². The summed E-state index contributed by atoms with van der Waals surface area (Å²) in [6, 6.07) is 3.85. The van der Waals surface area contributed by atoms with Crippen molar-refractivity contribution in [2.45, 2.75) is 11.7 Å². The Hall–Kier alpha value is -1.07. The Labute approximate surface area is 107 Å². The Morgan fingerprint density at radius 1 is 1.41 bits per heavy atom. The van der Waals surface area contributed by atoms with Crippen molar-refractivity contribution in [3.63, 3.8) is 0 Å². The molecule has 1 fully saturated rings. The summed E-state index contributed by atoms with van der Waals surface area (Å²) in [5, 5.41) is 2.98. The lowest BCUT2D eigenvalue weighted by molar-refractivity contribution is -0.131. The van der Waals surface area contributed by atoms with E-state index in [4.69, 9.17) is 0 Å². The van der Waals surface area contributed by atoms with Crippen LogP contribution in [0.5, 0.6) is 0 Å². The lowest BCUT2D eigenvalue weighted by Crippen LogP contribution is -2.49. The standard InChI is InChI=1S/C12H17N3OS/c16-12(15-7-5-14-6-8-15)11(17)9-10-1-3-13-4-2-10/h1-4,11,14,17H,5-9H2. The number of hydrogen-bond donors (Lipinski definition) is 2. The second kappa shape index (κ2) is 6.02. The first kappa shape index (κ1) is 12.4. The third-order valence-electron chi connectivity index (χ3n) is 2.89. The van der Waals surface area contributed by atoms with Gasteiger partial charge in [0.2, 0.25) is 5.91 Å². The van der Waals surface area contributed by atoms with Crippen molar-refractivity contribution in [1.29, 1.82) is 0 Å². The molecule has 0 radical (unpaired) electrons. The van der Waals surface area contributed by atoms with Crippen LogP contribution in [0.25, 0.3) is 0 Å². The van der Waals surface area contributed by atoms with E-state index >= 15 is 0 Å². The minimum absolute atomic E-state index is 0.131. The van der Waals surface area contributed by atoms with Crippen LogP contribution in [0.3, 0.4) is 0 Å². The molecule has 1 aromatic heterocycles. The maximum absolute atomic E-state index is 12.1. The Kier molecular flexibility index (Phi) is 4.39. The van der Waals surface area contributed by atoms with Gasteiger partial charge >= 0.3 is 0 Å². The summed E-state index contributed by atoms with van der Waals surface area (Å²) < 4.78 is 0. The van der Waals surface area contributed by atoms with Gasteiger partial charge < -0.3 is 10.2 Å². The molecule has 2 heterocycles. The van der Waals surface area contributed by atoms with Gasteiger partial charge in [-0.15, -0.1) is 0 Å². The van der Waals surface area contributed by atoms with Crippen LogP contribution in [0.15, 0.2) is 24.5 Å². The van der Waals surface area contributed by atoms with Gasteiger partial charge in [0.1, 0.15) is 0 Å². The highest BCUT2D eigenvalue weighted by atomic mass is 32.1. The summed E-state index contributed by atoms with van der Waals surface area (Å²) in [7, 11) is 0. The summed E-state index contributed by atoms with van der Waals surface area (Å²) in [5.41, 5.74) is 1.10. The maximum atomic E-state index is 12.1. The van der Waals surface area contributed by atoms with E-state index in [-0.39, 0.29) is 11.2 Å². The third kappa shape index (κ3) is 3.44. The highest BCUT2D eigenvalue weighted by molar-refractivity contribution is 7.81. The average molecular weight is 251 g/mol. The topological polar surface area (TPSA) is 45.2 Å². The normalized spacial score (nSPS) is 17.8. The highest BCUT2D eigenvalue weighted by Gasteiger charge is 2.22.